The van der Waals surface area contributed by atoms with Gasteiger partial charge in [-0.25, -0.2) is 42.5 Å². The van der Waals surface area contributed by atoms with Gasteiger partial charge in [-0.2, -0.15) is 0 Å². The zero-order chi connectivity index (χ0) is 54.3. The summed E-state index contributed by atoms with van der Waals surface area (Å²) in [4.78, 5) is 82.0. The van der Waals surface area contributed by atoms with E-state index in [1.165, 1.54) is 9.13 Å². The monoisotopic (exact) mass is 1070 g/mol. The summed E-state index contributed by atoms with van der Waals surface area (Å²) in [6.45, 7) is 19.3. The molecule has 0 aromatic carbocycles. The third-order valence-corrected chi connectivity index (χ3v) is 12.4. The first kappa shape index (κ1) is 65.1. The van der Waals surface area contributed by atoms with Crippen LogP contribution >= 0.6 is 0 Å². The molecule has 3 rings (SSSR count). The van der Waals surface area contributed by atoms with Crippen LogP contribution in [0.4, 0.5) is 14.4 Å². The third-order valence-electron chi connectivity index (χ3n) is 12.4. The molecule has 1 aromatic rings. The van der Waals surface area contributed by atoms with E-state index >= 15 is 0 Å². The lowest BCUT2D eigenvalue weighted by Gasteiger charge is -2.15. The highest BCUT2D eigenvalue weighted by Crippen LogP contribution is 2.17. The van der Waals surface area contributed by atoms with Crippen LogP contribution in [0, 0.1) is 0 Å². The fraction of sp³-hybridized carbons (Fsp3) is 0.882. The van der Waals surface area contributed by atoms with Crippen molar-refractivity contribution in [3.63, 3.8) is 0 Å². The first-order chi connectivity index (χ1) is 36.4. The maximum absolute atomic E-state index is 13.7. The highest BCUT2D eigenvalue weighted by molar-refractivity contribution is 5.67. The zero-order valence-corrected chi connectivity index (χ0v) is 46.0. The molecule has 0 saturated carbocycles. The molecule has 3 amide bonds. The third kappa shape index (κ3) is 31.6. The van der Waals surface area contributed by atoms with Gasteiger partial charge < -0.3 is 63.3 Å². The number of unbranched alkanes of at least 4 members (excludes halogenated alkanes) is 9. The normalized spacial score (nSPS) is 17.6. The van der Waals surface area contributed by atoms with Gasteiger partial charge in [0.25, 0.3) is 0 Å². The van der Waals surface area contributed by atoms with E-state index in [-0.39, 0.29) is 45.1 Å². The van der Waals surface area contributed by atoms with Crippen LogP contribution in [0.3, 0.4) is 0 Å². The van der Waals surface area contributed by atoms with Gasteiger partial charge in [0.2, 0.25) is 0 Å². The van der Waals surface area contributed by atoms with Gasteiger partial charge >= 0.3 is 35.3 Å². The molecule has 2 saturated heterocycles. The smallest absolute Gasteiger partial charge is 0.407 e. The molecule has 24 heteroatoms. The van der Waals surface area contributed by atoms with Crippen LogP contribution in [-0.2, 0) is 67.0 Å². The van der Waals surface area contributed by atoms with E-state index in [0.717, 1.165) is 62.9 Å². The van der Waals surface area contributed by atoms with E-state index in [1.54, 1.807) is 7.11 Å². The van der Waals surface area contributed by atoms with Crippen LogP contribution in [0.2, 0.25) is 0 Å². The molecule has 0 spiro atoms. The topological polar surface area (TPSA) is 252 Å². The number of hydrogen-bond donors (Lipinski definition) is 3. The Bertz CT molecular complexity index is 1780. The van der Waals surface area contributed by atoms with E-state index in [9.17, 15) is 28.8 Å². The molecule has 434 valence electrons. The van der Waals surface area contributed by atoms with Crippen molar-refractivity contribution in [2.24, 2.45) is 0 Å². The highest BCUT2D eigenvalue weighted by atomic mass is 16.6. The maximum atomic E-state index is 13.7. The summed E-state index contributed by atoms with van der Waals surface area (Å²) < 4.78 is 57.1. The quantitative estimate of drug-likeness (QED) is 0.0482. The number of rotatable bonds is 48. The molecule has 3 N–H and O–H groups in total. The van der Waals surface area contributed by atoms with E-state index < -0.39 is 35.3 Å². The zero-order valence-electron chi connectivity index (χ0n) is 46.0. The van der Waals surface area contributed by atoms with Gasteiger partial charge in [-0.3, -0.25) is 9.80 Å². The fourth-order valence-corrected chi connectivity index (χ4v) is 7.94. The number of methoxy groups -OCH3 is 1. The van der Waals surface area contributed by atoms with Gasteiger partial charge in [0.1, 0.15) is 18.8 Å². The summed E-state index contributed by atoms with van der Waals surface area (Å²) in [7, 11) is 1.63. The molecule has 24 nitrogen and oxygen atoms in total. The lowest BCUT2D eigenvalue weighted by molar-refractivity contribution is -0.0205. The van der Waals surface area contributed by atoms with Crippen molar-refractivity contribution in [1.82, 2.24) is 39.5 Å². The summed E-state index contributed by atoms with van der Waals surface area (Å²) in [6, 6.07) is 1.08. The number of aromatic nitrogens is 3. The molecule has 0 radical (unpaired) electrons. The molecule has 75 heavy (non-hydrogen) atoms. The Labute approximate surface area is 443 Å². The lowest BCUT2D eigenvalue weighted by atomic mass is 10.2. The van der Waals surface area contributed by atoms with Crippen molar-refractivity contribution in [3.05, 3.63) is 31.5 Å². The standard InChI is InChI=1S/C51H94N8O16/c1-42-38-55(42)40-44(3)74-47(61)53-19-13-7-10-16-22-58-49(63)57(50(64)59(51(58)65)23-17-11-8-14-20-54-48(62)75-45(4)41-56-39-43(56)2)21-15-9-6-12-18-52-46(60)73-37-36-72-35-34-71-33-32-70-31-30-69-29-28-68-27-26-67-25-24-66-5/h42-45H,6-41H2,1-5H3,(H,52,60)(H,53,61)(H,54,62). The number of ether oxygens (including phenoxy) is 10. The lowest BCUT2D eigenvalue weighted by Crippen LogP contribution is -2.54. The largest absolute Gasteiger partial charge is 0.447 e. The summed E-state index contributed by atoms with van der Waals surface area (Å²) in [5, 5.41) is 8.33. The SMILES string of the molecule is COCCOCCOCCOCCOCCOCCOCCOC(=O)NCCCCCCn1c(=O)n(CCCCCCNC(=O)OC(C)CN2CC2C)c(=O)n(CCCCCCNC(=O)OC(C)CN2CC2C)c1=O. The second-order valence-corrected chi connectivity index (χ2v) is 19.2. The highest BCUT2D eigenvalue weighted by Gasteiger charge is 2.31. The Hall–Kier alpha value is -4.14. The van der Waals surface area contributed by atoms with Gasteiger partial charge in [0, 0.05) is 84.6 Å². The number of nitrogens with one attached hydrogen (secondary N) is 3. The van der Waals surface area contributed by atoms with E-state index in [1.807, 2.05) is 13.8 Å². The number of nitrogens with zero attached hydrogens (tertiary/aromatic N) is 5. The van der Waals surface area contributed by atoms with Gasteiger partial charge in [-0.05, 0) is 66.2 Å². The number of alkyl carbamates (subject to hydrolysis) is 3. The Morgan fingerprint density at radius 2 is 0.720 bits per heavy atom. The minimum absolute atomic E-state index is 0.0952. The Balaban J connectivity index is 1.28. The fourth-order valence-electron chi connectivity index (χ4n) is 7.94. The van der Waals surface area contributed by atoms with Gasteiger partial charge in [0.05, 0.1) is 85.9 Å². The number of carbonyl (C=O) groups is 3. The number of amides is 3. The molecule has 0 aliphatic carbocycles. The summed E-state index contributed by atoms with van der Waals surface area (Å²) in [6.07, 6.45) is 6.32. The van der Waals surface area contributed by atoms with Crippen molar-refractivity contribution in [2.45, 2.75) is 149 Å². The van der Waals surface area contributed by atoms with Gasteiger partial charge in [-0.15, -0.1) is 0 Å². The summed E-state index contributed by atoms with van der Waals surface area (Å²) in [5.74, 6) is 0. The van der Waals surface area contributed by atoms with E-state index in [2.05, 4.69) is 39.6 Å². The van der Waals surface area contributed by atoms with Crippen LogP contribution in [0.5, 0.6) is 0 Å². The molecular weight excluding hydrogens is 981 g/mol. The van der Waals surface area contributed by atoms with Crippen LogP contribution in [0.25, 0.3) is 0 Å². The Morgan fingerprint density at radius 1 is 0.440 bits per heavy atom. The summed E-state index contributed by atoms with van der Waals surface area (Å²) >= 11 is 0. The molecule has 6 atom stereocenters. The Morgan fingerprint density at radius 3 is 1.03 bits per heavy atom. The second-order valence-electron chi connectivity index (χ2n) is 19.2. The van der Waals surface area contributed by atoms with E-state index in [4.69, 9.17) is 47.4 Å². The molecule has 2 aliphatic heterocycles. The van der Waals surface area contributed by atoms with Gasteiger partial charge in [0.15, 0.2) is 0 Å². The molecule has 0 bridgehead atoms. The first-order valence-corrected chi connectivity index (χ1v) is 27.6. The van der Waals surface area contributed by atoms with Crippen LogP contribution in [0.1, 0.15) is 105 Å². The maximum Gasteiger partial charge on any atom is 0.407 e. The number of carbonyl (C=O) groups excluding carboxylic acids is 3. The van der Waals surface area contributed by atoms with Crippen LogP contribution < -0.4 is 33.0 Å². The molecule has 3 heterocycles. The van der Waals surface area contributed by atoms with Crippen LogP contribution in [0.15, 0.2) is 14.4 Å². The first-order valence-electron chi connectivity index (χ1n) is 27.6. The van der Waals surface area contributed by atoms with Crippen molar-refractivity contribution < 1.29 is 61.8 Å². The molecule has 6 unspecified atom stereocenters. The minimum atomic E-state index is -0.619. The molecule has 2 aliphatic rings. The molecule has 1 aromatic heterocycles. The van der Waals surface area contributed by atoms with Crippen molar-refractivity contribution in [3.8, 4) is 0 Å². The van der Waals surface area contributed by atoms with Crippen molar-refractivity contribution in [1.29, 1.82) is 0 Å². The predicted octanol–water partition coefficient (Wildman–Crippen LogP) is 2.96. The average molecular weight is 1080 g/mol. The van der Waals surface area contributed by atoms with Crippen molar-refractivity contribution in [2.75, 3.05) is 145 Å². The Kier molecular flexibility index (Phi) is 35.6. The summed E-state index contributed by atoms with van der Waals surface area (Å²) in [5.41, 5.74) is -1.85. The average Bonchev–Trinajstić information content (AvgIpc) is 4.28. The van der Waals surface area contributed by atoms with Crippen LogP contribution in [-0.4, -0.2) is 211 Å². The minimum Gasteiger partial charge on any atom is -0.447 e. The van der Waals surface area contributed by atoms with Crippen molar-refractivity contribution >= 4 is 18.3 Å². The predicted molar refractivity (Wildman–Crippen MR) is 281 cm³/mol. The molecular formula is C51H94N8O16. The van der Waals surface area contributed by atoms with E-state index in [0.29, 0.717) is 156 Å². The van der Waals surface area contributed by atoms with Gasteiger partial charge in [-0.1, -0.05) is 38.5 Å². The second kappa shape index (κ2) is 41.0. The number of hydrogen-bond acceptors (Lipinski definition) is 18. The molecule has 2 fully saturated rings.